The van der Waals surface area contributed by atoms with E-state index in [0.717, 1.165) is 24.8 Å². The number of benzene rings is 1. The minimum Gasteiger partial charge on any atom is -0.451 e. The molecule has 1 N–H and O–H groups in total. The predicted molar refractivity (Wildman–Crippen MR) is 108 cm³/mol. The van der Waals surface area contributed by atoms with Crippen molar-refractivity contribution in [1.82, 2.24) is 10.2 Å². The normalized spacial score (nSPS) is 16.8. The summed E-state index contributed by atoms with van der Waals surface area (Å²) in [6.07, 6.45) is 2.23. The predicted octanol–water partition coefficient (Wildman–Crippen LogP) is 3.05. The van der Waals surface area contributed by atoms with Crippen LogP contribution in [-0.2, 0) is 19.7 Å². The first-order valence-corrected chi connectivity index (χ1v) is 10.0. The monoisotopic (exact) mass is 388 g/mol. The number of nitrogens with one attached hydrogen (secondary N) is 1. The summed E-state index contributed by atoms with van der Waals surface area (Å²) in [5, 5.41) is 2.64. The SMILES string of the molecule is C[C@H](OC(=O)[C@@H](C)NC(=O)c1ccc(C(C)(C)C)cc1)C(=O)N1CCCCC1. The van der Waals surface area contributed by atoms with E-state index in [0.29, 0.717) is 18.7 Å². The third-order valence-electron chi connectivity index (χ3n) is 5.02. The van der Waals surface area contributed by atoms with Gasteiger partial charge >= 0.3 is 5.97 Å². The van der Waals surface area contributed by atoms with Gasteiger partial charge in [-0.2, -0.15) is 0 Å². The fraction of sp³-hybridized carbons (Fsp3) is 0.591. The van der Waals surface area contributed by atoms with Crippen molar-refractivity contribution < 1.29 is 19.1 Å². The molecule has 0 aliphatic carbocycles. The van der Waals surface area contributed by atoms with Crippen LogP contribution in [0.4, 0.5) is 0 Å². The molecule has 0 aromatic heterocycles. The maximum absolute atomic E-state index is 12.4. The summed E-state index contributed by atoms with van der Waals surface area (Å²) in [6.45, 7) is 10.9. The van der Waals surface area contributed by atoms with Gasteiger partial charge in [0.1, 0.15) is 6.04 Å². The van der Waals surface area contributed by atoms with E-state index in [-0.39, 0.29) is 17.2 Å². The summed E-state index contributed by atoms with van der Waals surface area (Å²) in [5.74, 6) is -1.14. The van der Waals surface area contributed by atoms with E-state index < -0.39 is 18.1 Å². The van der Waals surface area contributed by atoms with E-state index in [1.807, 2.05) is 12.1 Å². The highest BCUT2D eigenvalue weighted by molar-refractivity contribution is 5.97. The smallest absolute Gasteiger partial charge is 0.329 e. The van der Waals surface area contributed by atoms with Gasteiger partial charge in [0.15, 0.2) is 6.10 Å². The molecule has 0 bridgehead atoms. The van der Waals surface area contributed by atoms with E-state index in [1.54, 1.807) is 30.9 Å². The van der Waals surface area contributed by atoms with Crippen LogP contribution in [0.2, 0.25) is 0 Å². The molecule has 1 aliphatic rings. The maximum Gasteiger partial charge on any atom is 0.329 e. The molecule has 6 heteroatoms. The van der Waals surface area contributed by atoms with Gasteiger partial charge in [-0.05, 0) is 56.2 Å². The van der Waals surface area contributed by atoms with E-state index in [9.17, 15) is 14.4 Å². The van der Waals surface area contributed by atoms with Crippen molar-refractivity contribution in [2.75, 3.05) is 13.1 Å². The molecule has 0 radical (unpaired) electrons. The molecule has 1 aliphatic heterocycles. The van der Waals surface area contributed by atoms with Gasteiger partial charge in [-0.25, -0.2) is 4.79 Å². The second-order valence-electron chi connectivity index (χ2n) is 8.49. The van der Waals surface area contributed by atoms with Crippen LogP contribution in [-0.4, -0.2) is 47.9 Å². The Morgan fingerprint density at radius 3 is 2.11 bits per heavy atom. The Bertz CT molecular complexity index is 700. The topological polar surface area (TPSA) is 75.7 Å². The van der Waals surface area contributed by atoms with Crippen molar-refractivity contribution in [2.24, 2.45) is 0 Å². The molecule has 1 aromatic rings. The van der Waals surface area contributed by atoms with Gasteiger partial charge in [0, 0.05) is 18.7 Å². The van der Waals surface area contributed by atoms with Gasteiger partial charge in [-0.1, -0.05) is 32.9 Å². The molecule has 1 aromatic carbocycles. The molecule has 6 nitrogen and oxygen atoms in total. The van der Waals surface area contributed by atoms with E-state index in [1.165, 1.54) is 0 Å². The minimum absolute atomic E-state index is 0.00311. The van der Waals surface area contributed by atoms with Crippen LogP contribution in [0.3, 0.4) is 0 Å². The zero-order valence-electron chi connectivity index (χ0n) is 17.6. The lowest BCUT2D eigenvalue weighted by atomic mass is 9.86. The van der Waals surface area contributed by atoms with Gasteiger partial charge in [-0.3, -0.25) is 9.59 Å². The third-order valence-corrected chi connectivity index (χ3v) is 5.02. The number of hydrogen-bond acceptors (Lipinski definition) is 4. The largest absolute Gasteiger partial charge is 0.451 e. The zero-order chi connectivity index (χ0) is 20.9. The highest BCUT2D eigenvalue weighted by Crippen LogP contribution is 2.22. The first-order chi connectivity index (χ1) is 13.1. The Morgan fingerprint density at radius 2 is 1.57 bits per heavy atom. The number of nitrogens with zero attached hydrogens (tertiary/aromatic N) is 1. The Labute approximate surface area is 167 Å². The van der Waals surface area contributed by atoms with Gasteiger partial charge in [0.2, 0.25) is 0 Å². The van der Waals surface area contributed by atoms with E-state index in [4.69, 9.17) is 4.74 Å². The molecule has 28 heavy (non-hydrogen) atoms. The molecule has 2 rings (SSSR count). The van der Waals surface area contributed by atoms with Crippen LogP contribution in [0, 0.1) is 0 Å². The fourth-order valence-electron chi connectivity index (χ4n) is 3.16. The van der Waals surface area contributed by atoms with Crippen LogP contribution in [0.25, 0.3) is 0 Å². The third kappa shape index (κ3) is 5.81. The molecule has 0 spiro atoms. The van der Waals surface area contributed by atoms with Gasteiger partial charge in [0.25, 0.3) is 11.8 Å². The molecule has 1 saturated heterocycles. The second-order valence-corrected chi connectivity index (χ2v) is 8.49. The minimum atomic E-state index is -0.851. The first-order valence-electron chi connectivity index (χ1n) is 10.0. The van der Waals surface area contributed by atoms with Crippen LogP contribution in [0.1, 0.15) is 69.8 Å². The number of amides is 2. The average molecular weight is 389 g/mol. The summed E-state index contributed by atoms with van der Waals surface area (Å²) in [5.41, 5.74) is 1.61. The van der Waals surface area contributed by atoms with Crippen molar-refractivity contribution in [3.8, 4) is 0 Å². The van der Waals surface area contributed by atoms with Gasteiger partial charge in [0.05, 0.1) is 0 Å². The highest BCUT2D eigenvalue weighted by atomic mass is 16.5. The van der Waals surface area contributed by atoms with Crippen molar-refractivity contribution >= 4 is 17.8 Å². The molecular formula is C22H32N2O4. The number of ether oxygens (including phenoxy) is 1. The summed E-state index contributed by atoms with van der Waals surface area (Å²) >= 11 is 0. The molecule has 2 amide bonds. The molecule has 1 heterocycles. The molecule has 0 saturated carbocycles. The quantitative estimate of drug-likeness (QED) is 0.787. The second kappa shape index (κ2) is 9.22. The van der Waals surface area contributed by atoms with Crippen molar-refractivity contribution in [2.45, 2.75) is 71.4 Å². The number of carbonyl (C=O) groups excluding carboxylic acids is 3. The fourth-order valence-corrected chi connectivity index (χ4v) is 3.16. The van der Waals surface area contributed by atoms with Gasteiger partial charge in [-0.15, -0.1) is 0 Å². The number of piperidine rings is 1. The lowest BCUT2D eigenvalue weighted by Crippen LogP contribution is -2.46. The lowest BCUT2D eigenvalue weighted by Gasteiger charge is -2.29. The van der Waals surface area contributed by atoms with Crippen molar-refractivity contribution in [3.05, 3.63) is 35.4 Å². The lowest BCUT2D eigenvalue weighted by molar-refractivity contribution is -0.160. The summed E-state index contributed by atoms with van der Waals surface area (Å²) in [4.78, 5) is 38.8. The standard InChI is InChI=1S/C22H32N2O4/c1-15(21(27)28-16(2)20(26)24-13-7-6-8-14-24)23-19(25)17-9-11-18(12-10-17)22(3,4)5/h9-12,15-16H,6-8,13-14H2,1-5H3,(H,23,25)/t15-,16+/m1/s1. The Balaban J connectivity index is 1.88. The molecule has 1 fully saturated rings. The van der Waals surface area contributed by atoms with Crippen LogP contribution in [0.15, 0.2) is 24.3 Å². The maximum atomic E-state index is 12.4. The number of likely N-dealkylation sites (tertiary alicyclic amines) is 1. The number of hydrogen-bond donors (Lipinski definition) is 1. The highest BCUT2D eigenvalue weighted by Gasteiger charge is 2.27. The Morgan fingerprint density at radius 1 is 1.00 bits per heavy atom. The summed E-state index contributed by atoms with van der Waals surface area (Å²) < 4.78 is 5.28. The molecular weight excluding hydrogens is 356 g/mol. The number of rotatable bonds is 5. The van der Waals surface area contributed by atoms with Crippen LogP contribution >= 0.6 is 0 Å². The average Bonchev–Trinajstić information content (AvgIpc) is 2.67. The zero-order valence-corrected chi connectivity index (χ0v) is 17.6. The van der Waals surface area contributed by atoms with E-state index in [2.05, 4.69) is 26.1 Å². The van der Waals surface area contributed by atoms with Crippen LogP contribution < -0.4 is 5.32 Å². The molecule has 2 atom stereocenters. The first kappa shape index (κ1) is 21.9. The van der Waals surface area contributed by atoms with Crippen LogP contribution in [0.5, 0.6) is 0 Å². The van der Waals surface area contributed by atoms with E-state index >= 15 is 0 Å². The molecule has 0 unspecified atom stereocenters. The van der Waals surface area contributed by atoms with Gasteiger partial charge < -0.3 is 15.0 Å². The molecule has 154 valence electrons. The summed E-state index contributed by atoms with van der Waals surface area (Å²) in [7, 11) is 0. The number of esters is 1. The Hall–Kier alpha value is -2.37. The number of carbonyl (C=O) groups is 3. The van der Waals surface area contributed by atoms with Crippen molar-refractivity contribution in [3.63, 3.8) is 0 Å². The van der Waals surface area contributed by atoms with Crippen molar-refractivity contribution in [1.29, 1.82) is 0 Å². The Kier molecular flexibility index (Phi) is 7.22. The summed E-state index contributed by atoms with van der Waals surface area (Å²) in [6, 6.07) is 6.48.